The summed E-state index contributed by atoms with van der Waals surface area (Å²) in [5.74, 6) is 0. The van der Waals surface area contributed by atoms with Crippen LogP contribution in [0.25, 0.3) is 0 Å². The van der Waals surface area contributed by atoms with Gasteiger partial charge < -0.3 is 5.32 Å². The van der Waals surface area contributed by atoms with E-state index in [9.17, 15) is 0 Å². The molecule has 2 rings (SSSR count). The number of halogens is 3. The van der Waals surface area contributed by atoms with Crippen LogP contribution < -0.4 is 5.32 Å². The zero-order valence-corrected chi connectivity index (χ0v) is 11.9. The molecule has 0 spiro atoms. The minimum absolute atomic E-state index is 0.662. The van der Waals surface area contributed by atoms with E-state index in [0.717, 1.165) is 19.2 Å². The van der Waals surface area contributed by atoms with Crippen LogP contribution in [0.4, 0.5) is 10.8 Å². The van der Waals surface area contributed by atoms with Crippen LogP contribution in [0, 0.1) is 0 Å². The summed E-state index contributed by atoms with van der Waals surface area (Å²) in [7, 11) is 0. The van der Waals surface area contributed by atoms with Gasteiger partial charge in [-0.3, -0.25) is 0 Å². The van der Waals surface area contributed by atoms with Gasteiger partial charge >= 0.3 is 0 Å². The van der Waals surface area contributed by atoms with Gasteiger partial charge in [-0.25, -0.2) is 0 Å². The zero-order chi connectivity index (χ0) is 10.8. The first-order chi connectivity index (χ1) is 7.13. The highest BCUT2D eigenvalue weighted by Gasteiger charge is 2.03. The Morgan fingerprint density at radius 3 is 2.60 bits per heavy atom. The van der Waals surface area contributed by atoms with Gasteiger partial charge in [-0.1, -0.05) is 38.9 Å². The molecule has 0 bridgehead atoms. The van der Waals surface area contributed by atoms with Crippen LogP contribution in [0.15, 0.2) is 26.6 Å². The Kier molecular flexibility index (Phi) is 3.60. The Hall–Kier alpha value is -0.170. The maximum Gasteiger partial charge on any atom is 0.210 e. The molecule has 0 radical (unpaired) electrons. The van der Waals surface area contributed by atoms with Crippen molar-refractivity contribution in [3.63, 3.8) is 0 Å². The highest BCUT2D eigenvalue weighted by molar-refractivity contribution is 9.11. The van der Waals surface area contributed by atoms with E-state index in [1.807, 2.05) is 18.2 Å². The molecule has 0 aliphatic carbocycles. The molecule has 1 aromatic heterocycles. The van der Waals surface area contributed by atoms with Crippen LogP contribution in [0.5, 0.6) is 0 Å². The number of hydrogen-bond donors (Lipinski definition) is 1. The molecule has 0 fully saturated rings. The quantitative estimate of drug-likeness (QED) is 0.849. The number of rotatable bonds is 2. The molecule has 0 aliphatic heterocycles. The fraction of sp³-hybridized carbons (Fsp3) is 0. The minimum Gasteiger partial charge on any atom is -0.330 e. The van der Waals surface area contributed by atoms with Crippen molar-refractivity contribution in [2.45, 2.75) is 0 Å². The molecule has 7 heteroatoms. The van der Waals surface area contributed by atoms with Gasteiger partial charge in [-0.05, 0) is 34.1 Å². The van der Waals surface area contributed by atoms with Crippen LogP contribution in [0.2, 0.25) is 5.02 Å². The van der Waals surface area contributed by atoms with Gasteiger partial charge in [0.15, 0.2) is 3.92 Å². The lowest BCUT2D eigenvalue weighted by Crippen LogP contribution is -1.89. The second kappa shape index (κ2) is 4.78. The lowest BCUT2D eigenvalue weighted by molar-refractivity contribution is 1.07. The Balaban J connectivity index is 2.24. The van der Waals surface area contributed by atoms with Gasteiger partial charge in [0.2, 0.25) is 5.13 Å². The highest BCUT2D eigenvalue weighted by Crippen LogP contribution is 2.28. The number of nitrogens with one attached hydrogen (secondary N) is 1. The maximum absolute atomic E-state index is 5.91. The van der Waals surface area contributed by atoms with Crippen LogP contribution in [-0.4, -0.2) is 10.2 Å². The Labute approximate surface area is 112 Å². The maximum atomic E-state index is 5.91. The summed E-state index contributed by atoms with van der Waals surface area (Å²) in [6, 6.07) is 5.56. The molecule has 0 saturated heterocycles. The lowest BCUT2D eigenvalue weighted by atomic mass is 10.3. The van der Waals surface area contributed by atoms with Gasteiger partial charge in [0.1, 0.15) is 0 Å². The second-order valence-electron chi connectivity index (χ2n) is 2.64. The Bertz CT molecular complexity index is 468. The van der Waals surface area contributed by atoms with E-state index in [1.54, 1.807) is 0 Å². The molecule has 0 aliphatic rings. The first kappa shape index (κ1) is 11.3. The van der Waals surface area contributed by atoms with Gasteiger partial charge in [0, 0.05) is 15.2 Å². The van der Waals surface area contributed by atoms with Crippen molar-refractivity contribution in [1.29, 1.82) is 0 Å². The molecule has 1 aromatic carbocycles. The van der Waals surface area contributed by atoms with Crippen molar-refractivity contribution in [3.8, 4) is 0 Å². The lowest BCUT2D eigenvalue weighted by Gasteiger charge is -2.02. The van der Waals surface area contributed by atoms with E-state index >= 15 is 0 Å². The minimum atomic E-state index is 0.662. The molecule has 3 nitrogen and oxygen atoms in total. The van der Waals surface area contributed by atoms with Crippen molar-refractivity contribution in [3.05, 3.63) is 31.6 Å². The molecule has 78 valence electrons. The SMILES string of the molecule is Clc1cc(Br)cc(Nc2nnc(Br)s2)c1. The van der Waals surface area contributed by atoms with Gasteiger partial charge in [0.25, 0.3) is 0 Å². The van der Waals surface area contributed by atoms with E-state index in [4.69, 9.17) is 11.6 Å². The fourth-order valence-corrected chi connectivity index (χ4v) is 2.90. The third kappa shape index (κ3) is 3.14. The van der Waals surface area contributed by atoms with E-state index in [2.05, 4.69) is 47.4 Å². The van der Waals surface area contributed by atoms with Crippen LogP contribution >= 0.6 is 54.8 Å². The standard InChI is InChI=1S/C8H4Br2ClN3S/c9-4-1-5(11)3-6(2-4)12-8-14-13-7(10)15-8/h1-3H,(H,12,14). The van der Waals surface area contributed by atoms with E-state index in [0.29, 0.717) is 5.02 Å². The molecule has 15 heavy (non-hydrogen) atoms. The third-order valence-electron chi connectivity index (χ3n) is 1.51. The normalized spacial score (nSPS) is 10.3. The van der Waals surface area contributed by atoms with Gasteiger partial charge in [0.05, 0.1) is 0 Å². The molecule has 0 atom stereocenters. The van der Waals surface area contributed by atoms with Gasteiger partial charge in [-0.15, -0.1) is 10.2 Å². The van der Waals surface area contributed by atoms with Crippen molar-refractivity contribution in [2.24, 2.45) is 0 Å². The molecule has 1 heterocycles. The largest absolute Gasteiger partial charge is 0.330 e. The Morgan fingerprint density at radius 2 is 2.00 bits per heavy atom. The van der Waals surface area contributed by atoms with E-state index in [-0.39, 0.29) is 0 Å². The number of aromatic nitrogens is 2. The summed E-state index contributed by atoms with van der Waals surface area (Å²) in [6.07, 6.45) is 0. The topological polar surface area (TPSA) is 37.8 Å². The third-order valence-corrected chi connectivity index (χ3v) is 3.46. The smallest absolute Gasteiger partial charge is 0.210 e. The summed E-state index contributed by atoms with van der Waals surface area (Å²) in [6.45, 7) is 0. The molecular formula is C8H4Br2ClN3S. The highest BCUT2D eigenvalue weighted by atomic mass is 79.9. The Morgan fingerprint density at radius 1 is 1.20 bits per heavy atom. The molecule has 0 amide bonds. The average Bonchev–Trinajstić information content (AvgIpc) is 2.49. The van der Waals surface area contributed by atoms with Gasteiger partial charge in [-0.2, -0.15) is 0 Å². The van der Waals surface area contributed by atoms with Crippen molar-refractivity contribution in [2.75, 3.05) is 5.32 Å². The monoisotopic (exact) mass is 367 g/mol. The summed E-state index contributed by atoms with van der Waals surface area (Å²) < 4.78 is 1.66. The predicted octanol–water partition coefficient (Wildman–Crippen LogP) is 4.46. The summed E-state index contributed by atoms with van der Waals surface area (Å²) in [4.78, 5) is 0. The van der Waals surface area contributed by atoms with Crippen molar-refractivity contribution < 1.29 is 0 Å². The van der Waals surface area contributed by atoms with Crippen molar-refractivity contribution in [1.82, 2.24) is 10.2 Å². The van der Waals surface area contributed by atoms with Crippen LogP contribution in [0.1, 0.15) is 0 Å². The molecule has 0 saturated carbocycles. The molecule has 2 aromatic rings. The predicted molar refractivity (Wildman–Crippen MR) is 70.0 cm³/mol. The summed E-state index contributed by atoms with van der Waals surface area (Å²) in [5.41, 5.74) is 0.873. The number of hydrogen-bond acceptors (Lipinski definition) is 4. The summed E-state index contributed by atoms with van der Waals surface area (Å²) in [5, 5.41) is 12.2. The van der Waals surface area contributed by atoms with E-state index in [1.165, 1.54) is 11.3 Å². The number of benzene rings is 1. The number of nitrogens with zero attached hydrogens (tertiary/aromatic N) is 2. The first-order valence-electron chi connectivity index (χ1n) is 3.85. The van der Waals surface area contributed by atoms with Crippen molar-refractivity contribution >= 4 is 65.6 Å². The molecular weight excluding hydrogens is 365 g/mol. The zero-order valence-electron chi connectivity index (χ0n) is 7.17. The van der Waals surface area contributed by atoms with E-state index < -0.39 is 0 Å². The summed E-state index contributed by atoms with van der Waals surface area (Å²) >= 11 is 13.9. The fourth-order valence-electron chi connectivity index (χ4n) is 1.01. The average molecular weight is 369 g/mol. The van der Waals surface area contributed by atoms with Crippen LogP contribution in [-0.2, 0) is 0 Å². The number of anilines is 2. The molecule has 0 unspecified atom stereocenters. The van der Waals surface area contributed by atoms with Crippen LogP contribution in [0.3, 0.4) is 0 Å². The second-order valence-corrected chi connectivity index (χ2v) is 6.25. The first-order valence-corrected chi connectivity index (χ1v) is 6.63. The molecule has 1 N–H and O–H groups in total.